The molecule has 8 nitrogen and oxygen atoms in total. The average Bonchev–Trinajstić information content (AvgIpc) is 3.70. The Labute approximate surface area is 197 Å². The van der Waals surface area contributed by atoms with Crippen molar-refractivity contribution in [1.82, 2.24) is 25.4 Å². The first-order valence-corrected chi connectivity index (χ1v) is 13.3. The van der Waals surface area contributed by atoms with Crippen LogP contribution in [0.3, 0.4) is 0 Å². The Bertz CT molecular complexity index is 1050. The molecule has 176 valence electrons. The molecular formula is C24H32N6O2S. The highest BCUT2D eigenvalue weighted by molar-refractivity contribution is 7.12. The van der Waals surface area contributed by atoms with E-state index in [0.717, 1.165) is 80.1 Å². The van der Waals surface area contributed by atoms with Gasteiger partial charge in [-0.3, -0.25) is 14.2 Å². The Morgan fingerprint density at radius 3 is 2.82 bits per heavy atom. The first-order chi connectivity index (χ1) is 16.2. The van der Waals surface area contributed by atoms with Crippen molar-refractivity contribution >= 4 is 29.0 Å². The Kier molecular flexibility index (Phi) is 5.70. The van der Waals surface area contributed by atoms with Crippen LogP contribution in [0.1, 0.15) is 70.2 Å². The zero-order valence-corrected chi connectivity index (χ0v) is 19.8. The number of nitrogens with one attached hydrogen (secondary N) is 3. The molecule has 4 aliphatic rings. The van der Waals surface area contributed by atoms with Crippen molar-refractivity contribution in [2.24, 2.45) is 11.8 Å². The van der Waals surface area contributed by atoms with Crippen LogP contribution in [0.25, 0.3) is 0 Å². The van der Waals surface area contributed by atoms with Gasteiger partial charge >= 0.3 is 0 Å². The number of thiophene rings is 1. The van der Waals surface area contributed by atoms with Gasteiger partial charge in [-0.1, -0.05) is 0 Å². The van der Waals surface area contributed by atoms with Gasteiger partial charge in [0.25, 0.3) is 5.91 Å². The van der Waals surface area contributed by atoms with E-state index in [4.69, 9.17) is 0 Å². The summed E-state index contributed by atoms with van der Waals surface area (Å²) in [6, 6.07) is 0.581. The molecule has 0 radical (unpaired) electrons. The number of hydrogen-bond acceptors (Lipinski definition) is 7. The van der Waals surface area contributed by atoms with Crippen molar-refractivity contribution in [3.63, 3.8) is 0 Å². The number of Topliss-reactive ketones (excluding diaryl/α,β-unsaturated/α-hetero) is 1. The number of hydrogen-bond donors (Lipinski definition) is 3. The topological polar surface area (TPSA) is 101 Å². The van der Waals surface area contributed by atoms with E-state index in [1.807, 2.05) is 6.33 Å². The number of aromatic nitrogens is 3. The molecule has 2 atom stereocenters. The second-order valence-electron chi connectivity index (χ2n) is 10.2. The molecule has 1 amide bonds. The second-order valence-corrected chi connectivity index (χ2v) is 11.4. The van der Waals surface area contributed by atoms with Gasteiger partial charge < -0.3 is 16.0 Å². The monoisotopic (exact) mass is 468 g/mol. The van der Waals surface area contributed by atoms with E-state index in [1.54, 1.807) is 11.3 Å². The Morgan fingerprint density at radius 1 is 1.18 bits per heavy atom. The van der Waals surface area contributed by atoms with Crippen molar-refractivity contribution in [2.75, 3.05) is 25.0 Å². The fourth-order valence-electron chi connectivity index (χ4n) is 5.18. The molecule has 2 aromatic rings. The normalized spacial score (nSPS) is 24.5. The average molecular weight is 469 g/mol. The summed E-state index contributed by atoms with van der Waals surface area (Å²) >= 11 is 1.70. The first-order valence-electron chi connectivity index (χ1n) is 12.5. The van der Waals surface area contributed by atoms with E-state index < -0.39 is 0 Å². The highest BCUT2D eigenvalue weighted by Crippen LogP contribution is 2.41. The molecule has 1 unspecified atom stereocenters. The number of rotatable bonds is 9. The van der Waals surface area contributed by atoms with Crippen LogP contribution in [-0.4, -0.2) is 52.1 Å². The lowest BCUT2D eigenvalue weighted by Crippen LogP contribution is -2.29. The maximum atomic E-state index is 13.3. The van der Waals surface area contributed by atoms with Crippen LogP contribution >= 0.6 is 11.3 Å². The minimum atomic E-state index is 0.0118. The van der Waals surface area contributed by atoms with Crippen LogP contribution in [0.2, 0.25) is 0 Å². The number of fused-ring (bicyclic) bond motifs is 1. The fraction of sp³-hybridized carbons (Fsp3) is 0.667. The molecule has 3 aliphatic carbocycles. The smallest absolute Gasteiger partial charge is 0.252 e. The van der Waals surface area contributed by atoms with E-state index >= 15 is 0 Å². The molecule has 1 saturated heterocycles. The summed E-state index contributed by atoms with van der Waals surface area (Å²) < 4.78 is 2.15. The zero-order valence-electron chi connectivity index (χ0n) is 18.9. The van der Waals surface area contributed by atoms with E-state index in [0.29, 0.717) is 24.2 Å². The minimum Gasteiger partial charge on any atom is -0.352 e. The standard InChI is InChI=1S/C24H32N6O2S/c31-19(15-3-4-15)10-21-22(23(32)26-11-14-1-2-14)18-9-17(5-6-20(18)33-21)30-13-27-29-24(30)28-16-7-8-25-12-16/h13-17,25H,1-12H2,(H,26,32)(H,28,29)/t16-,17?/m0/s1. The molecular weight excluding hydrogens is 436 g/mol. The predicted octanol–water partition coefficient (Wildman–Crippen LogP) is 2.50. The zero-order chi connectivity index (χ0) is 22.4. The number of carbonyl (C=O) groups is 2. The number of carbonyl (C=O) groups excluding carboxylic acids is 2. The minimum absolute atomic E-state index is 0.0118. The Morgan fingerprint density at radius 2 is 2.06 bits per heavy atom. The van der Waals surface area contributed by atoms with Gasteiger partial charge in [-0.15, -0.1) is 21.5 Å². The third kappa shape index (κ3) is 4.57. The van der Waals surface area contributed by atoms with Crippen LogP contribution in [0.4, 0.5) is 5.95 Å². The van der Waals surface area contributed by atoms with Gasteiger partial charge in [0.15, 0.2) is 0 Å². The third-order valence-electron chi connectivity index (χ3n) is 7.51. The Hall–Kier alpha value is -2.26. The molecule has 9 heteroatoms. The number of ketones is 1. The molecule has 33 heavy (non-hydrogen) atoms. The van der Waals surface area contributed by atoms with Gasteiger partial charge in [-0.2, -0.15) is 0 Å². The maximum absolute atomic E-state index is 13.3. The lowest BCUT2D eigenvalue weighted by atomic mass is 9.90. The van der Waals surface area contributed by atoms with Crippen molar-refractivity contribution in [1.29, 1.82) is 0 Å². The van der Waals surface area contributed by atoms with Crippen molar-refractivity contribution in [2.45, 2.75) is 69.9 Å². The molecule has 1 aliphatic heterocycles. The number of aryl methyl sites for hydroxylation is 1. The largest absolute Gasteiger partial charge is 0.352 e. The fourth-order valence-corrected chi connectivity index (χ4v) is 6.53. The molecule has 2 saturated carbocycles. The van der Waals surface area contributed by atoms with E-state index in [9.17, 15) is 9.59 Å². The van der Waals surface area contributed by atoms with Crippen LogP contribution in [0.5, 0.6) is 0 Å². The van der Waals surface area contributed by atoms with Gasteiger partial charge in [-0.05, 0) is 69.4 Å². The summed E-state index contributed by atoms with van der Waals surface area (Å²) in [5.41, 5.74) is 1.93. The second kappa shape index (κ2) is 8.83. The van der Waals surface area contributed by atoms with Crippen molar-refractivity contribution < 1.29 is 9.59 Å². The quantitative estimate of drug-likeness (QED) is 0.523. The molecule has 6 rings (SSSR count). The summed E-state index contributed by atoms with van der Waals surface area (Å²) in [6.45, 7) is 2.71. The van der Waals surface area contributed by atoms with Gasteiger partial charge in [0.2, 0.25) is 5.95 Å². The summed E-state index contributed by atoms with van der Waals surface area (Å²) in [5.74, 6) is 1.98. The van der Waals surface area contributed by atoms with Crippen LogP contribution in [-0.2, 0) is 24.1 Å². The summed E-state index contributed by atoms with van der Waals surface area (Å²) in [6.07, 6.45) is 10.4. The van der Waals surface area contributed by atoms with Gasteiger partial charge in [0.1, 0.15) is 12.1 Å². The number of nitrogens with zero attached hydrogens (tertiary/aromatic N) is 3. The van der Waals surface area contributed by atoms with Gasteiger partial charge in [0, 0.05) is 47.3 Å². The van der Waals surface area contributed by atoms with Gasteiger partial charge in [0.05, 0.1) is 5.56 Å². The molecule has 2 aromatic heterocycles. The van der Waals surface area contributed by atoms with E-state index in [1.165, 1.54) is 17.7 Å². The third-order valence-corrected chi connectivity index (χ3v) is 8.80. The lowest BCUT2D eigenvalue weighted by molar-refractivity contribution is -0.119. The molecule has 3 N–H and O–H groups in total. The van der Waals surface area contributed by atoms with Crippen molar-refractivity contribution in [3.05, 3.63) is 27.2 Å². The maximum Gasteiger partial charge on any atom is 0.252 e. The first kappa shape index (κ1) is 21.3. The summed E-state index contributed by atoms with van der Waals surface area (Å²) in [5, 5.41) is 18.6. The highest BCUT2D eigenvalue weighted by atomic mass is 32.1. The van der Waals surface area contributed by atoms with E-state index in [-0.39, 0.29) is 17.9 Å². The SMILES string of the molecule is O=C(NCC1CC1)c1c(CC(=O)C2CC2)sc2c1CC(n1cnnc1N[C@H]1CCNC1)CC2. The van der Waals surface area contributed by atoms with Crippen LogP contribution in [0, 0.1) is 11.8 Å². The molecule has 3 fully saturated rings. The van der Waals surface area contributed by atoms with Crippen molar-refractivity contribution in [3.8, 4) is 0 Å². The number of amides is 1. The van der Waals surface area contributed by atoms with Gasteiger partial charge in [-0.25, -0.2) is 0 Å². The Balaban J connectivity index is 1.25. The summed E-state index contributed by atoms with van der Waals surface area (Å²) in [7, 11) is 0. The highest BCUT2D eigenvalue weighted by Gasteiger charge is 2.35. The molecule has 0 aromatic carbocycles. The lowest BCUT2D eigenvalue weighted by Gasteiger charge is -2.26. The number of anilines is 1. The molecule has 3 heterocycles. The molecule has 0 bridgehead atoms. The van der Waals surface area contributed by atoms with Crippen LogP contribution < -0.4 is 16.0 Å². The molecule has 0 spiro atoms. The summed E-state index contributed by atoms with van der Waals surface area (Å²) in [4.78, 5) is 28.2. The predicted molar refractivity (Wildman–Crippen MR) is 127 cm³/mol. The van der Waals surface area contributed by atoms with Crippen LogP contribution in [0.15, 0.2) is 6.33 Å². The van der Waals surface area contributed by atoms with E-state index in [2.05, 4.69) is 30.7 Å².